The predicted molar refractivity (Wildman–Crippen MR) is 205 cm³/mol. The Bertz CT molecular complexity index is 1980. The molecule has 50 heavy (non-hydrogen) atoms. The first-order chi connectivity index (χ1) is 23.0. The summed E-state index contributed by atoms with van der Waals surface area (Å²) in [6.45, 7) is 10.1. The first kappa shape index (κ1) is 40.7. The summed E-state index contributed by atoms with van der Waals surface area (Å²) in [6.07, 6.45) is 13.2. The van der Waals surface area contributed by atoms with Crippen LogP contribution in [0.15, 0.2) is 94.7 Å². The van der Waals surface area contributed by atoms with Gasteiger partial charge in [-0.25, -0.2) is 0 Å². The maximum Gasteiger partial charge on any atom is 0.264 e. The molecule has 0 saturated carbocycles. The molecular weight excluding hydrogens is 703 g/mol. The fourth-order valence-electron chi connectivity index (χ4n) is 7.44. The Balaban J connectivity index is 0.00000562. The molecule has 8 nitrogen and oxygen atoms in total. The first-order valence-electron chi connectivity index (χ1n) is 17.0. The maximum absolute atomic E-state index is 11.3. The van der Waals surface area contributed by atoms with E-state index in [2.05, 4.69) is 85.7 Å². The van der Waals surface area contributed by atoms with E-state index in [1.165, 1.54) is 11.1 Å². The Labute approximate surface area is 325 Å². The molecule has 12 heteroatoms. The molecular formula is C38H48ClN2NaO6S2+. The number of fused-ring (bicyclic) bond motifs is 2. The number of hydrogen-bond donors (Lipinski definition) is 2. The summed E-state index contributed by atoms with van der Waals surface area (Å²) in [5.41, 5.74) is 8.47. The maximum atomic E-state index is 11.3. The molecule has 3 aliphatic rings. The molecule has 2 aliphatic heterocycles. The van der Waals surface area contributed by atoms with Crippen LogP contribution in [0.1, 0.15) is 83.8 Å². The molecule has 2 aromatic carbocycles. The number of benzene rings is 2. The van der Waals surface area contributed by atoms with E-state index >= 15 is 0 Å². The average Bonchev–Trinajstić information content (AvgIpc) is 3.37. The van der Waals surface area contributed by atoms with Gasteiger partial charge in [-0.1, -0.05) is 74.0 Å². The Morgan fingerprint density at radius 2 is 1.42 bits per heavy atom. The van der Waals surface area contributed by atoms with Crippen LogP contribution in [0.25, 0.3) is 0 Å². The summed E-state index contributed by atoms with van der Waals surface area (Å²) < 4.78 is 65.9. The van der Waals surface area contributed by atoms with E-state index in [1.54, 1.807) is 0 Å². The van der Waals surface area contributed by atoms with E-state index < -0.39 is 20.2 Å². The summed E-state index contributed by atoms with van der Waals surface area (Å²) in [7, 11) is -8.00. The Morgan fingerprint density at radius 1 is 0.800 bits per heavy atom. The Hall–Kier alpha value is -2.02. The largest absolute Gasteiger partial charge is 0.344 e. The van der Waals surface area contributed by atoms with Crippen molar-refractivity contribution in [1.82, 2.24) is 0 Å². The minimum atomic E-state index is -4.00. The molecule has 0 spiro atoms. The van der Waals surface area contributed by atoms with Gasteiger partial charge in [-0.15, -0.1) is 0 Å². The first-order valence-corrected chi connectivity index (χ1v) is 20.6. The molecule has 265 valence electrons. The van der Waals surface area contributed by atoms with Crippen molar-refractivity contribution in [3.05, 3.63) is 106 Å². The number of halogens is 1. The van der Waals surface area contributed by atoms with E-state index in [4.69, 9.17) is 11.6 Å². The SMILES string of the molecule is CC1(C)C(/C=C/C2=C(Cl)C(=C/C=C3/N(CCCCS(=O)(=O)O)c4ccccc4C3(C)C)/CCC2)=[N+](CCCCS(=O)(=O)O)c2ccccc21.[Na]. The number of rotatable bonds is 13. The van der Waals surface area contributed by atoms with Crippen molar-refractivity contribution in [3.8, 4) is 0 Å². The van der Waals surface area contributed by atoms with Gasteiger partial charge in [0, 0.05) is 82.1 Å². The number of hydrogen-bond acceptors (Lipinski definition) is 5. The third-order valence-electron chi connectivity index (χ3n) is 10.0. The second-order valence-corrected chi connectivity index (χ2v) is 17.8. The van der Waals surface area contributed by atoms with Crippen LogP contribution < -0.4 is 4.90 Å². The standard InChI is InChI=1S/C38H47ClN2O6S2.Na/c1-37(2)30-16-5-7-18-32(30)40(24-9-11-26-48(42,43)44)34(37)22-20-28-14-13-15-29(36(28)39)21-23-35-38(3,4)31-17-6-8-19-33(31)41(35)25-10-12-27-49(45,46)47;/h5-8,16-23H,9-15,24-27H2,1-4H3,(H-,42,43,44,45,46,47);/p+1. The fourth-order valence-corrected chi connectivity index (χ4v) is 8.89. The summed E-state index contributed by atoms with van der Waals surface area (Å²) in [4.78, 5) is 2.26. The number of nitrogens with zero attached hydrogens (tertiary/aromatic N) is 2. The molecule has 0 unspecified atom stereocenters. The minimum absolute atomic E-state index is 0. The zero-order valence-corrected chi connectivity index (χ0v) is 34.2. The predicted octanol–water partition coefficient (Wildman–Crippen LogP) is 7.86. The number of unbranched alkanes of at least 4 members (excludes halogenated alkanes) is 2. The van der Waals surface area contributed by atoms with Crippen LogP contribution in [-0.4, -0.2) is 90.4 Å². The smallest absolute Gasteiger partial charge is 0.264 e. The van der Waals surface area contributed by atoms with Gasteiger partial charge in [0.15, 0.2) is 5.71 Å². The van der Waals surface area contributed by atoms with Crippen LogP contribution in [0.5, 0.6) is 0 Å². The number of allylic oxidation sites excluding steroid dienone is 8. The van der Waals surface area contributed by atoms with Crippen LogP contribution in [-0.2, 0) is 31.1 Å². The van der Waals surface area contributed by atoms with E-state index in [9.17, 15) is 25.9 Å². The second kappa shape index (κ2) is 16.3. The van der Waals surface area contributed by atoms with Gasteiger partial charge in [-0.2, -0.15) is 21.4 Å². The molecule has 2 heterocycles. The van der Waals surface area contributed by atoms with Crippen LogP contribution in [0.3, 0.4) is 0 Å². The van der Waals surface area contributed by atoms with E-state index in [0.29, 0.717) is 38.8 Å². The molecule has 0 fully saturated rings. The molecule has 2 aromatic rings. The van der Waals surface area contributed by atoms with Gasteiger partial charge in [0.2, 0.25) is 5.69 Å². The van der Waals surface area contributed by atoms with Crippen LogP contribution in [0.2, 0.25) is 0 Å². The molecule has 0 bridgehead atoms. The van der Waals surface area contributed by atoms with Gasteiger partial charge >= 0.3 is 0 Å². The normalized spacial score (nSPS) is 20.2. The van der Waals surface area contributed by atoms with Gasteiger partial charge in [-0.3, -0.25) is 9.11 Å². The van der Waals surface area contributed by atoms with Crippen molar-refractivity contribution in [2.75, 3.05) is 29.5 Å². The Kier molecular flexibility index (Phi) is 13.3. The van der Waals surface area contributed by atoms with E-state index in [0.717, 1.165) is 58.2 Å². The molecule has 1 aliphatic carbocycles. The van der Waals surface area contributed by atoms with Gasteiger partial charge < -0.3 is 4.90 Å². The average molecular weight is 751 g/mol. The fraction of sp³-hybridized carbons (Fsp3) is 0.447. The quantitative estimate of drug-likeness (QED) is 0.0928. The monoisotopic (exact) mass is 750 g/mol. The molecule has 0 aromatic heterocycles. The summed E-state index contributed by atoms with van der Waals surface area (Å²) >= 11 is 7.14. The molecule has 0 atom stereocenters. The van der Waals surface area contributed by atoms with Crippen molar-refractivity contribution in [3.63, 3.8) is 0 Å². The Morgan fingerprint density at radius 3 is 2.10 bits per heavy atom. The minimum Gasteiger partial charge on any atom is -0.344 e. The van der Waals surface area contributed by atoms with Crippen molar-refractivity contribution in [2.24, 2.45) is 0 Å². The molecule has 5 rings (SSSR count). The third-order valence-corrected chi connectivity index (χ3v) is 12.1. The summed E-state index contributed by atoms with van der Waals surface area (Å²) in [5.74, 6) is -0.500. The van der Waals surface area contributed by atoms with Crippen molar-refractivity contribution >= 4 is 78.5 Å². The van der Waals surface area contributed by atoms with Gasteiger partial charge in [-0.05, 0) is 81.2 Å². The zero-order valence-electron chi connectivity index (χ0n) is 29.8. The third kappa shape index (κ3) is 9.31. The molecule has 0 amide bonds. The van der Waals surface area contributed by atoms with Crippen molar-refractivity contribution in [2.45, 2.75) is 83.5 Å². The zero-order chi connectivity index (χ0) is 35.6. The van der Waals surface area contributed by atoms with Crippen LogP contribution >= 0.6 is 11.6 Å². The summed E-state index contributed by atoms with van der Waals surface area (Å²) in [6, 6.07) is 16.6. The number of anilines is 1. The van der Waals surface area contributed by atoms with Gasteiger partial charge in [0.1, 0.15) is 6.54 Å². The second-order valence-electron chi connectivity index (χ2n) is 14.2. The topological polar surface area (TPSA) is 115 Å². The number of para-hydroxylation sites is 2. The molecule has 1 radical (unpaired) electrons. The van der Waals surface area contributed by atoms with E-state index in [-0.39, 0.29) is 51.9 Å². The van der Waals surface area contributed by atoms with Crippen molar-refractivity contribution < 1.29 is 30.5 Å². The molecule has 2 N–H and O–H groups in total. The molecule has 0 saturated heterocycles. The van der Waals surface area contributed by atoms with Gasteiger partial charge in [0.05, 0.1) is 16.9 Å². The summed E-state index contributed by atoms with van der Waals surface area (Å²) in [5, 5.41) is 0.751. The van der Waals surface area contributed by atoms with Gasteiger partial charge in [0.25, 0.3) is 20.2 Å². The van der Waals surface area contributed by atoms with Crippen LogP contribution in [0.4, 0.5) is 11.4 Å². The van der Waals surface area contributed by atoms with E-state index in [1.807, 2.05) is 24.3 Å². The van der Waals surface area contributed by atoms with Crippen molar-refractivity contribution in [1.29, 1.82) is 0 Å². The van der Waals surface area contributed by atoms with Crippen LogP contribution in [0, 0.1) is 0 Å².